The number of piperidine rings is 1. The Bertz CT molecular complexity index is 2180. The lowest BCUT2D eigenvalue weighted by Gasteiger charge is -2.39. The van der Waals surface area contributed by atoms with Crippen LogP contribution in [-0.4, -0.2) is 92.5 Å². The van der Waals surface area contributed by atoms with E-state index in [0.717, 1.165) is 35.6 Å². The summed E-state index contributed by atoms with van der Waals surface area (Å²) in [5.41, 5.74) is 2.24. The number of hydrogen-bond donors (Lipinski definition) is 3. The Kier molecular flexibility index (Phi) is 11.2. The fraction of sp³-hybridized carbons (Fsp3) is 0.413. The molecule has 2 spiro atoms. The molecule has 4 aromatic rings. The highest BCUT2D eigenvalue weighted by molar-refractivity contribution is 6.71. The molecule has 0 unspecified atom stereocenters. The SMILES string of the molecule is COc1ccc2c(c1)[C@@]1(O[C@H](CC(=O)N(CCO)Cc3ccccc3)[C@@H]([Si](C)(C)O)[C@@H]1C)C(=O)N2Cc1cccc(N2CN(c3ccccc3)C3(CCNCC3)C2=O)c1. The third-order valence-electron chi connectivity index (χ3n) is 13.0. The molecule has 8 rings (SSSR count). The first-order chi connectivity index (χ1) is 28.4. The van der Waals surface area contributed by atoms with Gasteiger partial charge in [0.1, 0.15) is 11.3 Å². The molecule has 0 saturated carbocycles. The average molecular weight is 818 g/mol. The number of hydrogen-bond acceptors (Lipinski definition) is 9. The van der Waals surface area contributed by atoms with E-state index in [-0.39, 0.29) is 43.8 Å². The molecule has 3 N–H and O–H groups in total. The normalized spacial score (nSPS) is 23.7. The van der Waals surface area contributed by atoms with Gasteiger partial charge < -0.3 is 39.4 Å². The second-order valence-corrected chi connectivity index (χ2v) is 20.9. The van der Waals surface area contributed by atoms with Crippen molar-refractivity contribution in [3.8, 4) is 5.75 Å². The summed E-state index contributed by atoms with van der Waals surface area (Å²) in [5.74, 6) is -0.347. The van der Waals surface area contributed by atoms with Crippen LogP contribution in [0.4, 0.5) is 17.1 Å². The maximum atomic E-state index is 15.3. The molecule has 3 fully saturated rings. The maximum absolute atomic E-state index is 15.3. The summed E-state index contributed by atoms with van der Waals surface area (Å²) in [4.78, 5) is 63.2. The molecule has 0 aromatic heterocycles. The van der Waals surface area contributed by atoms with Gasteiger partial charge in [-0.25, -0.2) is 0 Å². The molecule has 4 aliphatic heterocycles. The van der Waals surface area contributed by atoms with Crippen molar-refractivity contribution in [2.75, 3.05) is 54.7 Å². The minimum atomic E-state index is -3.08. The summed E-state index contributed by atoms with van der Waals surface area (Å²) in [7, 11) is -1.50. The molecular formula is C46H55N5O7Si. The predicted octanol–water partition coefficient (Wildman–Crippen LogP) is 5.38. The van der Waals surface area contributed by atoms with Crippen LogP contribution in [0.3, 0.4) is 0 Å². The molecule has 59 heavy (non-hydrogen) atoms. The fourth-order valence-electron chi connectivity index (χ4n) is 10.2. The van der Waals surface area contributed by atoms with E-state index in [0.29, 0.717) is 43.1 Å². The van der Waals surface area contributed by atoms with Crippen LogP contribution in [0.5, 0.6) is 5.75 Å². The quantitative estimate of drug-likeness (QED) is 0.161. The molecule has 3 amide bonds. The second kappa shape index (κ2) is 16.2. The molecule has 13 heteroatoms. The van der Waals surface area contributed by atoms with E-state index in [1.54, 1.807) is 16.9 Å². The zero-order chi connectivity index (χ0) is 41.5. The highest BCUT2D eigenvalue weighted by Crippen LogP contribution is 2.60. The van der Waals surface area contributed by atoms with Gasteiger partial charge in [-0.3, -0.25) is 19.3 Å². The van der Waals surface area contributed by atoms with Gasteiger partial charge in [-0.1, -0.05) is 67.6 Å². The van der Waals surface area contributed by atoms with E-state index in [2.05, 4.69) is 22.3 Å². The summed E-state index contributed by atoms with van der Waals surface area (Å²) >= 11 is 0. The lowest BCUT2D eigenvalue weighted by atomic mass is 9.82. The lowest BCUT2D eigenvalue weighted by Crippen LogP contribution is -2.55. The van der Waals surface area contributed by atoms with Crippen LogP contribution < -0.4 is 24.8 Å². The number of methoxy groups -OCH3 is 1. The van der Waals surface area contributed by atoms with Crippen molar-refractivity contribution in [1.82, 2.24) is 10.2 Å². The Balaban J connectivity index is 1.11. The van der Waals surface area contributed by atoms with E-state index in [4.69, 9.17) is 9.47 Å². The van der Waals surface area contributed by atoms with E-state index in [1.807, 2.05) is 116 Å². The maximum Gasteiger partial charge on any atom is 0.264 e. The number of aliphatic hydroxyl groups is 1. The number of para-hydroxylation sites is 1. The number of carbonyl (C=O) groups is 3. The minimum Gasteiger partial charge on any atom is -0.497 e. The number of fused-ring (bicyclic) bond motifs is 2. The Morgan fingerprint density at radius 3 is 2.27 bits per heavy atom. The highest BCUT2D eigenvalue weighted by atomic mass is 28.4. The van der Waals surface area contributed by atoms with Crippen LogP contribution >= 0.6 is 0 Å². The molecule has 0 aliphatic carbocycles. The Morgan fingerprint density at radius 2 is 1.59 bits per heavy atom. The smallest absolute Gasteiger partial charge is 0.264 e. The van der Waals surface area contributed by atoms with Crippen LogP contribution in [0.15, 0.2) is 103 Å². The van der Waals surface area contributed by atoms with Gasteiger partial charge in [-0.15, -0.1) is 0 Å². The largest absolute Gasteiger partial charge is 0.497 e. The van der Waals surface area contributed by atoms with Crippen LogP contribution in [0.2, 0.25) is 18.6 Å². The van der Waals surface area contributed by atoms with Crippen molar-refractivity contribution >= 4 is 43.1 Å². The van der Waals surface area contributed by atoms with Crippen molar-refractivity contribution in [3.05, 3.63) is 120 Å². The van der Waals surface area contributed by atoms with E-state index >= 15 is 4.79 Å². The molecule has 0 bridgehead atoms. The Hall–Kier alpha value is -5.05. The van der Waals surface area contributed by atoms with Crippen molar-refractivity contribution < 1.29 is 33.8 Å². The van der Waals surface area contributed by atoms with Gasteiger partial charge in [0.15, 0.2) is 13.9 Å². The zero-order valence-corrected chi connectivity index (χ0v) is 35.3. The molecule has 4 heterocycles. The molecule has 3 saturated heterocycles. The molecule has 0 radical (unpaired) electrons. The number of carbonyl (C=O) groups excluding carboxylic acids is 3. The zero-order valence-electron chi connectivity index (χ0n) is 34.3. The van der Waals surface area contributed by atoms with E-state index in [9.17, 15) is 19.5 Å². The van der Waals surface area contributed by atoms with Crippen LogP contribution in [0, 0.1) is 5.92 Å². The molecule has 12 nitrogen and oxygen atoms in total. The molecule has 4 atom stereocenters. The van der Waals surface area contributed by atoms with Gasteiger partial charge in [-0.05, 0) is 92.6 Å². The molecule has 4 aliphatic rings. The number of anilines is 3. The highest BCUT2D eigenvalue weighted by Gasteiger charge is 2.66. The van der Waals surface area contributed by atoms with Gasteiger partial charge >= 0.3 is 0 Å². The molecular weight excluding hydrogens is 763 g/mol. The predicted molar refractivity (Wildman–Crippen MR) is 229 cm³/mol. The fourth-order valence-corrected chi connectivity index (χ4v) is 12.8. The Labute approximate surface area is 347 Å². The summed E-state index contributed by atoms with van der Waals surface area (Å²) in [6.45, 7) is 8.02. The van der Waals surface area contributed by atoms with Gasteiger partial charge in [0, 0.05) is 41.5 Å². The van der Waals surface area contributed by atoms with Gasteiger partial charge in [0.2, 0.25) is 5.91 Å². The first-order valence-electron chi connectivity index (χ1n) is 20.7. The number of aliphatic hydroxyl groups excluding tert-OH is 1. The van der Waals surface area contributed by atoms with Crippen LogP contribution in [-0.2, 0) is 37.8 Å². The summed E-state index contributed by atoms with van der Waals surface area (Å²) in [6, 6.07) is 33.1. The third kappa shape index (κ3) is 7.22. The van der Waals surface area contributed by atoms with E-state index in [1.165, 1.54) is 0 Å². The number of rotatable bonds is 12. The Morgan fingerprint density at radius 1 is 0.915 bits per heavy atom. The average Bonchev–Trinajstić information content (AvgIpc) is 3.78. The summed E-state index contributed by atoms with van der Waals surface area (Å²) in [5, 5.41) is 13.3. The number of benzene rings is 4. The first-order valence-corrected chi connectivity index (χ1v) is 23.7. The second-order valence-electron chi connectivity index (χ2n) is 17.0. The molecule has 310 valence electrons. The number of ether oxygens (including phenoxy) is 2. The third-order valence-corrected chi connectivity index (χ3v) is 15.5. The summed E-state index contributed by atoms with van der Waals surface area (Å²) in [6.07, 6.45) is 0.584. The van der Waals surface area contributed by atoms with Crippen LogP contribution in [0.1, 0.15) is 42.9 Å². The monoisotopic (exact) mass is 817 g/mol. The minimum absolute atomic E-state index is 0.0589. The van der Waals surface area contributed by atoms with Gasteiger partial charge in [-0.2, -0.15) is 0 Å². The standard InChI is InChI=1S/C46H55N5O7Si/c1-32-42(59(3,4)56)40(28-41(53)48(24-25-52)29-33-12-7-5-8-13-33)58-46(32)38-27-37(57-2)18-19-39(38)49(44(46)55)30-34-14-11-17-36(26-34)50-31-51(35-15-9-6-10-16-35)45(43(50)54)20-22-47-23-21-45/h5-19,26-27,32,40,42,47,52,56H,20-25,28-31H2,1-4H3/t32-,40+,42-,46+/m0/s1. The molecule has 4 aromatic carbocycles. The van der Waals surface area contributed by atoms with Gasteiger partial charge in [0.05, 0.1) is 45.1 Å². The summed E-state index contributed by atoms with van der Waals surface area (Å²) < 4.78 is 12.7. The van der Waals surface area contributed by atoms with Crippen molar-refractivity contribution in [3.63, 3.8) is 0 Å². The lowest BCUT2D eigenvalue weighted by molar-refractivity contribution is -0.150. The van der Waals surface area contributed by atoms with E-state index < -0.39 is 37.0 Å². The van der Waals surface area contributed by atoms with Crippen molar-refractivity contribution in [1.29, 1.82) is 0 Å². The first kappa shape index (κ1) is 40.7. The topological polar surface area (TPSA) is 135 Å². The van der Waals surface area contributed by atoms with Gasteiger partial charge in [0.25, 0.3) is 11.8 Å². The number of nitrogens with one attached hydrogen (secondary N) is 1. The van der Waals surface area contributed by atoms with Crippen molar-refractivity contribution in [2.24, 2.45) is 5.92 Å². The van der Waals surface area contributed by atoms with Crippen molar-refractivity contribution in [2.45, 2.75) is 75.2 Å². The number of nitrogens with zero attached hydrogens (tertiary/aromatic N) is 4. The number of amides is 3. The van der Waals surface area contributed by atoms with Crippen LogP contribution in [0.25, 0.3) is 0 Å².